The topological polar surface area (TPSA) is 51.2 Å². The first-order chi connectivity index (χ1) is 8.48. The fraction of sp³-hybridized carbons (Fsp3) is 0.571. The summed E-state index contributed by atoms with van der Waals surface area (Å²) in [7, 11) is 0. The van der Waals surface area contributed by atoms with Crippen molar-refractivity contribution in [2.75, 3.05) is 18.5 Å². The third kappa shape index (κ3) is 4.35. The summed E-state index contributed by atoms with van der Waals surface area (Å²) >= 11 is 0. The standard InChI is InChI=1S/C14H22N2O2/c1-5-14(3,4)10-16-12-8-7-11(9-15-12)13(17)18-6-2/h7-9H,5-6,10H2,1-4H3,(H,15,16). The van der Waals surface area contributed by atoms with Crippen molar-refractivity contribution in [3.05, 3.63) is 23.9 Å². The highest BCUT2D eigenvalue weighted by atomic mass is 16.5. The number of ether oxygens (including phenoxy) is 1. The summed E-state index contributed by atoms with van der Waals surface area (Å²) in [6, 6.07) is 3.53. The van der Waals surface area contributed by atoms with Crippen LogP contribution in [0.5, 0.6) is 0 Å². The number of nitrogens with zero attached hydrogens (tertiary/aromatic N) is 1. The van der Waals surface area contributed by atoms with E-state index in [4.69, 9.17) is 4.74 Å². The molecule has 0 unspecified atom stereocenters. The number of esters is 1. The summed E-state index contributed by atoms with van der Waals surface area (Å²) in [6.45, 7) is 9.59. The van der Waals surface area contributed by atoms with Gasteiger partial charge in [0.2, 0.25) is 0 Å². The second-order valence-electron chi connectivity index (χ2n) is 5.02. The number of hydrogen-bond donors (Lipinski definition) is 1. The number of nitrogens with one attached hydrogen (secondary N) is 1. The minimum Gasteiger partial charge on any atom is -0.462 e. The molecule has 0 atom stereocenters. The van der Waals surface area contributed by atoms with Gasteiger partial charge in [0.25, 0.3) is 0 Å². The Morgan fingerprint density at radius 1 is 1.39 bits per heavy atom. The molecule has 0 saturated carbocycles. The predicted molar refractivity (Wildman–Crippen MR) is 72.8 cm³/mol. The molecule has 4 nitrogen and oxygen atoms in total. The number of aromatic nitrogens is 1. The number of carbonyl (C=O) groups is 1. The van der Waals surface area contributed by atoms with E-state index in [1.165, 1.54) is 0 Å². The van der Waals surface area contributed by atoms with Crippen LogP contribution < -0.4 is 5.32 Å². The van der Waals surface area contributed by atoms with Crippen LogP contribution >= 0.6 is 0 Å². The first kappa shape index (κ1) is 14.5. The highest BCUT2D eigenvalue weighted by Crippen LogP contribution is 2.19. The fourth-order valence-corrected chi connectivity index (χ4v) is 1.29. The van der Waals surface area contributed by atoms with E-state index in [0.29, 0.717) is 12.2 Å². The molecule has 4 heteroatoms. The molecule has 0 aliphatic heterocycles. The minimum absolute atomic E-state index is 0.238. The average Bonchev–Trinajstić information content (AvgIpc) is 2.37. The third-order valence-electron chi connectivity index (χ3n) is 2.98. The van der Waals surface area contributed by atoms with E-state index in [-0.39, 0.29) is 11.4 Å². The summed E-state index contributed by atoms with van der Waals surface area (Å²) in [5, 5.41) is 3.27. The van der Waals surface area contributed by atoms with Gasteiger partial charge in [-0.25, -0.2) is 9.78 Å². The summed E-state index contributed by atoms with van der Waals surface area (Å²) in [5.41, 5.74) is 0.721. The van der Waals surface area contributed by atoms with Crippen molar-refractivity contribution in [1.82, 2.24) is 4.98 Å². The second-order valence-corrected chi connectivity index (χ2v) is 5.02. The third-order valence-corrected chi connectivity index (χ3v) is 2.98. The molecule has 1 rings (SSSR count). The van der Waals surface area contributed by atoms with Crippen LogP contribution in [0.15, 0.2) is 18.3 Å². The number of pyridine rings is 1. The maximum Gasteiger partial charge on any atom is 0.339 e. The van der Waals surface area contributed by atoms with Crippen LogP contribution in [0.4, 0.5) is 5.82 Å². The molecule has 1 aromatic rings. The van der Waals surface area contributed by atoms with Gasteiger partial charge in [0, 0.05) is 12.7 Å². The van der Waals surface area contributed by atoms with Crippen LogP contribution in [0, 0.1) is 5.41 Å². The predicted octanol–water partition coefficient (Wildman–Crippen LogP) is 3.11. The number of anilines is 1. The maximum atomic E-state index is 11.4. The van der Waals surface area contributed by atoms with Gasteiger partial charge in [-0.05, 0) is 30.9 Å². The molecule has 0 bridgehead atoms. The van der Waals surface area contributed by atoms with Crippen molar-refractivity contribution in [2.45, 2.75) is 34.1 Å². The average molecular weight is 250 g/mol. The van der Waals surface area contributed by atoms with Gasteiger partial charge in [-0.1, -0.05) is 20.8 Å². The van der Waals surface area contributed by atoms with Crippen LogP contribution in [0.25, 0.3) is 0 Å². The van der Waals surface area contributed by atoms with Crippen molar-refractivity contribution in [2.24, 2.45) is 5.41 Å². The first-order valence-corrected chi connectivity index (χ1v) is 6.35. The second kappa shape index (κ2) is 6.38. The van der Waals surface area contributed by atoms with Crippen molar-refractivity contribution in [1.29, 1.82) is 0 Å². The molecule has 0 fully saturated rings. The van der Waals surface area contributed by atoms with Gasteiger partial charge in [-0.15, -0.1) is 0 Å². The lowest BCUT2D eigenvalue weighted by Gasteiger charge is -2.23. The Hall–Kier alpha value is -1.58. The van der Waals surface area contributed by atoms with Gasteiger partial charge < -0.3 is 10.1 Å². The molecule has 0 aliphatic rings. The zero-order valence-electron chi connectivity index (χ0n) is 11.6. The van der Waals surface area contributed by atoms with Crippen molar-refractivity contribution in [3.63, 3.8) is 0 Å². The fourth-order valence-electron chi connectivity index (χ4n) is 1.29. The molecule has 0 spiro atoms. The molecule has 100 valence electrons. The van der Waals surface area contributed by atoms with E-state index < -0.39 is 0 Å². The Kier molecular flexibility index (Phi) is 5.13. The van der Waals surface area contributed by atoms with Gasteiger partial charge >= 0.3 is 5.97 Å². The quantitative estimate of drug-likeness (QED) is 0.788. The summed E-state index contributed by atoms with van der Waals surface area (Å²) in [4.78, 5) is 15.6. The maximum absolute atomic E-state index is 11.4. The summed E-state index contributed by atoms with van der Waals surface area (Å²) < 4.78 is 4.90. The number of carbonyl (C=O) groups excluding carboxylic acids is 1. The van der Waals surface area contributed by atoms with Crippen LogP contribution in [0.3, 0.4) is 0 Å². The lowest BCUT2D eigenvalue weighted by atomic mass is 9.90. The van der Waals surface area contributed by atoms with Gasteiger partial charge in [-0.2, -0.15) is 0 Å². The van der Waals surface area contributed by atoms with Gasteiger partial charge in [0.05, 0.1) is 12.2 Å². The van der Waals surface area contributed by atoms with E-state index >= 15 is 0 Å². The normalized spacial score (nSPS) is 11.1. The molecule has 0 amide bonds. The van der Waals surface area contributed by atoms with Crippen LogP contribution in [-0.4, -0.2) is 24.1 Å². The lowest BCUT2D eigenvalue weighted by Crippen LogP contribution is -2.22. The Morgan fingerprint density at radius 2 is 2.11 bits per heavy atom. The highest BCUT2D eigenvalue weighted by molar-refractivity contribution is 5.89. The Bertz CT molecular complexity index is 385. The van der Waals surface area contributed by atoms with E-state index in [1.54, 1.807) is 25.3 Å². The summed E-state index contributed by atoms with van der Waals surface area (Å²) in [5.74, 6) is 0.454. The molecule has 0 aromatic carbocycles. The highest BCUT2D eigenvalue weighted by Gasteiger charge is 2.14. The Morgan fingerprint density at radius 3 is 2.61 bits per heavy atom. The van der Waals surface area contributed by atoms with Gasteiger partial charge in [0.15, 0.2) is 0 Å². The van der Waals surface area contributed by atoms with Crippen molar-refractivity contribution >= 4 is 11.8 Å². The first-order valence-electron chi connectivity index (χ1n) is 6.35. The number of hydrogen-bond acceptors (Lipinski definition) is 4. The molecule has 1 heterocycles. The van der Waals surface area contributed by atoms with E-state index in [9.17, 15) is 4.79 Å². The SMILES string of the molecule is CCOC(=O)c1ccc(NCC(C)(C)CC)nc1. The van der Waals surface area contributed by atoms with Crippen molar-refractivity contribution < 1.29 is 9.53 Å². The lowest BCUT2D eigenvalue weighted by molar-refractivity contribution is 0.0526. The molecule has 0 radical (unpaired) electrons. The van der Waals surface area contributed by atoms with Crippen LogP contribution in [0.2, 0.25) is 0 Å². The largest absolute Gasteiger partial charge is 0.462 e. The van der Waals surface area contributed by atoms with E-state index in [0.717, 1.165) is 18.8 Å². The zero-order chi connectivity index (χ0) is 13.6. The Labute approximate surface area is 109 Å². The molecule has 18 heavy (non-hydrogen) atoms. The molecule has 0 saturated heterocycles. The van der Waals surface area contributed by atoms with Crippen molar-refractivity contribution in [3.8, 4) is 0 Å². The van der Waals surface area contributed by atoms with E-state index in [1.807, 2.05) is 0 Å². The summed E-state index contributed by atoms with van der Waals surface area (Å²) in [6.07, 6.45) is 2.64. The van der Waals surface area contributed by atoms with Crippen LogP contribution in [-0.2, 0) is 4.74 Å². The Balaban J connectivity index is 2.58. The molecule has 1 N–H and O–H groups in total. The van der Waals surface area contributed by atoms with Gasteiger partial charge in [0.1, 0.15) is 5.82 Å². The monoisotopic (exact) mass is 250 g/mol. The zero-order valence-corrected chi connectivity index (χ0v) is 11.6. The number of rotatable bonds is 6. The minimum atomic E-state index is -0.328. The molecular weight excluding hydrogens is 228 g/mol. The molecule has 0 aliphatic carbocycles. The van der Waals surface area contributed by atoms with Crippen LogP contribution in [0.1, 0.15) is 44.5 Å². The molecule has 1 aromatic heterocycles. The van der Waals surface area contributed by atoms with E-state index in [2.05, 4.69) is 31.1 Å². The van der Waals surface area contributed by atoms with Gasteiger partial charge in [-0.3, -0.25) is 0 Å². The molecular formula is C14H22N2O2. The smallest absolute Gasteiger partial charge is 0.339 e.